The number of aryl methyl sites for hydroxylation is 1. The number of hydrogen-bond acceptors (Lipinski definition) is 6. The van der Waals surface area contributed by atoms with Crippen LogP contribution in [-0.2, 0) is 4.79 Å². The number of hydrogen-bond donors (Lipinski definition) is 1. The van der Waals surface area contributed by atoms with Crippen LogP contribution in [-0.4, -0.2) is 39.0 Å². The molecule has 2 aromatic carbocycles. The highest BCUT2D eigenvalue weighted by Crippen LogP contribution is 2.26. The molecule has 0 aliphatic carbocycles. The van der Waals surface area contributed by atoms with Crippen LogP contribution in [0.3, 0.4) is 0 Å². The number of aromatic nitrogens is 4. The van der Waals surface area contributed by atoms with E-state index in [0.29, 0.717) is 21.6 Å². The van der Waals surface area contributed by atoms with Gasteiger partial charge < -0.3 is 10.1 Å². The van der Waals surface area contributed by atoms with Gasteiger partial charge in [-0.15, -0.1) is 5.10 Å². The van der Waals surface area contributed by atoms with Gasteiger partial charge in [0.05, 0.1) is 12.9 Å². The zero-order valence-electron chi connectivity index (χ0n) is 14.1. The number of nitrogens with one attached hydrogen (secondary N) is 1. The summed E-state index contributed by atoms with van der Waals surface area (Å²) in [5.74, 6) is 0.648. The summed E-state index contributed by atoms with van der Waals surface area (Å²) in [4.78, 5) is 12.2. The van der Waals surface area contributed by atoms with Crippen LogP contribution in [0.5, 0.6) is 5.75 Å². The molecule has 1 amide bonds. The molecule has 0 spiro atoms. The average molecular weight is 390 g/mol. The molecule has 0 atom stereocenters. The number of halogens is 1. The zero-order chi connectivity index (χ0) is 18.5. The van der Waals surface area contributed by atoms with E-state index in [2.05, 4.69) is 20.8 Å². The highest BCUT2D eigenvalue weighted by atomic mass is 35.5. The number of methoxy groups -OCH3 is 1. The first-order valence-electron chi connectivity index (χ1n) is 7.69. The quantitative estimate of drug-likeness (QED) is 0.651. The Morgan fingerprint density at radius 1 is 1.31 bits per heavy atom. The molecule has 1 heterocycles. The van der Waals surface area contributed by atoms with Crippen LogP contribution >= 0.6 is 23.4 Å². The number of anilines is 1. The number of carbonyl (C=O) groups excluding carboxylic acids is 1. The van der Waals surface area contributed by atoms with E-state index in [0.717, 1.165) is 11.3 Å². The van der Waals surface area contributed by atoms with Gasteiger partial charge >= 0.3 is 0 Å². The topological polar surface area (TPSA) is 81.9 Å². The van der Waals surface area contributed by atoms with Crippen molar-refractivity contribution >= 4 is 35.0 Å². The van der Waals surface area contributed by atoms with E-state index in [4.69, 9.17) is 16.3 Å². The summed E-state index contributed by atoms with van der Waals surface area (Å²) in [5, 5.41) is 15.7. The zero-order valence-corrected chi connectivity index (χ0v) is 15.7. The van der Waals surface area contributed by atoms with Gasteiger partial charge in [-0.3, -0.25) is 4.79 Å². The fourth-order valence-electron chi connectivity index (χ4n) is 2.31. The Hall–Kier alpha value is -2.58. The first-order valence-corrected chi connectivity index (χ1v) is 9.05. The van der Waals surface area contributed by atoms with Crippen LogP contribution in [0.1, 0.15) is 5.56 Å². The summed E-state index contributed by atoms with van der Waals surface area (Å²) in [6.45, 7) is 1.89. The van der Waals surface area contributed by atoms with Crippen LogP contribution in [0.25, 0.3) is 5.69 Å². The summed E-state index contributed by atoms with van der Waals surface area (Å²) in [6, 6.07) is 12.7. The number of tetrazole rings is 1. The van der Waals surface area contributed by atoms with Crippen molar-refractivity contribution in [2.75, 3.05) is 18.2 Å². The summed E-state index contributed by atoms with van der Waals surface area (Å²) >= 11 is 7.17. The van der Waals surface area contributed by atoms with E-state index >= 15 is 0 Å². The first kappa shape index (κ1) is 18.2. The number of benzene rings is 2. The van der Waals surface area contributed by atoms with Crippen LogP contribution in [0.15, 0.2) is 47.6 Å². The number of rotatable bonds is 6. The second-order valence-corrected chi connectivity index (χ2v) is 6.72. The second kappa shape index (κ2) is 8.20. The highest BCUT2D eigenvalue weighted by Gasteiger charge is 2.15. The number of para-hydroxylation sites is 2. The first-order chi connectivity index (χ1) is 12.6. The van der Waals surface area contributed by atoms with Gasteiger partial charge in [0.25, 0.3) is 0 Å². The van der Waals surface area contributed by atoms with E-state index in [1.165, 1.54) is 11.8 Å². The van der Waals surface area contributed by atoms with E-state index in [9.17, 15) is 4.79 Å². The number of ether oxygens (including phenoxy) is 1. The maximum atomic E-state index is 12.2. The standard InChI is InChI=1S/C17H16ClN5O2S/c1-11-9-12(18)7-8-13(11)19-16(24)10-26-17-20-21-22-23(17)14-5-3-4-6-15(14)25-2/h3-9H,10H2,1-2H3,(H,19,24). The van der Waals surface area contributed by atoms with E-state index in [-0.39, 0.29) is 11.7 Å². The Kier molecular flexibility index (Phi) is 5.75. The predicted octanol–water partition coefficient (Wildman–Crippen LogP) is 3.36. The Labute approximate surface area is 159 Å². The lowest BCUT2D eigenvalue weighted by Crippen LogP contribution is -2.15. The summed E-state index contributed by atoms with van der Waals surface area (Å²) < 4.78 is 6.88. The minimum absolute atomic E-state index is 0.157. The molecule has 3 aromatic rings. The Morgan fingerprint density at radius 3 is 2.88 bits per heavy atom. The fourth-order valence-corrected chi connectivity index (χ4v) is 3.22. The van der Waals surface area contributed by atoms with Crippen molar-refractivity contribution in [2.45, 2.75) is 12.1 Å². The normalized spacial score (nSPS) is 10.6. The molecule has 134 valence electrons. The smallest absolute Gasteiger partial charge is 0.234 e. The monoisotopic (exact) mass is 389 g/mol. The highest BCUT2D eigenvalue weighted by molar-refractivity contribution is 7.99. The summed E-state index contributed by atoms with van der Waals surface area (Å²) in [5.41, 5.74) is 2.33. The lowest BCUT2D eigenvalue weighted by molar-refractivity contribution is -0.113. The van der Waals surface area contributed by atoms with Crippen molar-refractivity contribution in [3.05, 3.63) is 53.1 Å². The Bertz CT molecular complexity index is 931. The molecule has 0 saturated carbocycles. The van der Waals surface area contributed by atoms with Crippen molar-refractivity contribution in [3.63, 3.8) is 0 Å². The molecule has 0 aliphatic rings. The van der Waals surface area contributed by atoms with Crippen LogP contribution in [0.4, 0.5) is 5.69 Å². The van der Waals surface area contributed by atoms with Crippen LogP contribution in [0, 0.1) is 6.92 Å². The number of carbonyl (C=O) groups is 1. The minimum Gasteiger partial charge on any atom is -0.494 e. The van der Waals surface area contributed by atoms with Crippen molar-refractivity contribution in [1.82, 2.24) is 20.2 Å². The molecule has 0 bridgehead atoms. The van der Waals surface area contributed by atoms with E-state index in [1.54, 1.807) is 30.0 Å². The van der Waals surface area contributed by atoms with Gasteiger partial charge in [0.1, 0.15) is 11.4 Å². The van der Waals surface area contributed by atoms with Crippen LogP contribution < -0.4 is 10.1 Å². The molecule has 0 unspecified atom stereocenters. The molecule has 0 saturated heterocycles. The second-order valence-electron chi connectivity index (χ2n) is 5.34. The Morgan fingerprint density at radius 2 is 2.12 bits per heavy atom. The third kappa shape index (κ3) is 4.14. The van der Waals surface area contributed by atoms with Gasteiger partial charge in [0.15, 0.2) is 0 Å². The molecule has 0 fully saturated rings. The lowest BCUT2D eigenvalue weighted by atomic mass is 10.2. The van der Waals surface area contributed by atoms with Gasteiger partial charge in [-0.1, -0.05) is 35.5 Å². The summed E-state index contributed by atoms with van der Waals surface area (Å²) in [6.07, 6.45) is 0. The van der Waals surface area contributed by atoms with Crippen molar-refractivity contribution in [2.24, 2.45) is 0 Å². The van der Waals surface area contributed by atoms with Gasteiger partial charge in [0, 0.05) is 10.7 Å². The maximum absolute atomic E-state index is 12.2. The number of amides is 1. The molecule has 0 aliphatic heterocycles. The third-order valence-corrected chi connectivity index (χ3v) is 4.70. The molecule has 1 N–H and O–H groups in total. The van der Waals surface area contributed by atoms with Crippen molar-refractivity contribution < 1.29 is 9.53 Å². The van der Waals surface area contributed by atoms with Crippen molar-refractivity contribution in [1.29, 1.82) is 0 Å². The molecule has 26 heavy (non-hydrogen) atoms. The van der Waals surface area contributed by atoms with E-state index < -0.39 is 0 Å². The van der Waals surface area contributed by atoms with E-state index in [1.807, 2.05) is 31.2 Å². The predicted molar refractivity (Wildman–Crippen MR) is 101 cm³/mol. The average Bonchev–Trinajstić information content (AvgIpc) is 3.10. The molecule has 7 nitrogen and oxygen atoms in total. The lowest BCUT2D eigenvalue weighted by Gasteiger charge is -2.10. The van der Waals surface area contributed by atoms with Crippen molar-refractivity contribution in [3.8, 4) is 11.4 Å². The SMILES string of the molecule is COc1ccccc1-n1nnnc1SCC(=O)Nc1ccc(Cl)cc1C. The molecular formula is C17H16ClN5O2S. The molecule has 1 aromatic heterocycles. The third-order valence-electron chi connectivity index (χ3n) is 3.55. The molecule has 9 heteroatoms. The molecular weight excluding hydrogens is 374 g/mol. The Balaban J connectivity index is 1.69. The molecule has 0 radical (unpaired) electrons. The number of nitrogens with zero attached hydrogens (tertiary/aromatic N) is 4. The maximum Gasteiger partial charge on any atom is 0.234 e. The minimum atomic E-state index is -0.157. The van der Waals surface area contributed by atoms with Gasteiger partial charge in [0.2, 0.25) is 11.1 Å². The summed E-state index contributed by atoms with van der Waals surface area (Å²) in [7, 11) is 1.58. The largest absolute Gasteiger partial charge is 0.494 e. The number of thioether (sulfide) groups is 1. The molecule has 3 rings (SSSR count). The van der Waals surface area contributed by atoms with Crippen LogP contribution in [0.2, 0.25) is 5.02 Å². The van der Waals surface area contributed by atoms with Gasteiger partial charge in [-0.05, 0) is 53.2 Å². The fraction of sp³-hybridized carbons (Fsp3) is 0.176. The van der Waals surface area contributed by atoms with Gasteiger partial charge in [-0.2, -0.15) is 4.68 Å². The van der Waals surface area contributed by atoms with Gasteiger partial charge in [-0.25, -0.2) is 0 Å².